The number of nitriles is 1. The number of H-pyrrole nitrogens is 1. The lowest BCUT2D eigenvalue weighted by Gasteiger charge is -2.43. The van der Waals surface area contributed by atoms with E-state index in [0.717, 1.165) is 32.0 Å². The number of ether oxygens (including phenoxy) is 7. The van der Waals surface area contributed by atoms with Crippen LogP contribution in [0, 0.1) is 11.5 Å². The van der Waals surface area contributed by atoms with Crippen molar-refractivity contribution in [2.45, 2.75) is 91.0 Å². The Balaban J connectivity index is 1.86. The fourth-order valence-corrected chi connectivity index (χ4v) is 5.41. The second-order valence-corrected chi connectivity index (χ2v) is 12.2. The van der Waals surface area contributed by atoms with Crippen LogP contribution < -0.4 is 14.8 Å². The molecule has 0 radical (unpaired) electrons. The first-order chi connectivity index (χ1) is 23.8. The first-order valence-corrected chi connectivity index (χ1v) is 17.0. The van der Waals surface area contributed by atoms with Crippen LogP contribution in [0.25, 0.3) is 0 Å². The molecule has 2 heterocycles. The first-order valence-electron chi connectivity index (χ1n) is 15.8. The van der Waals surface area contributed by atoms with Crippen LogP contribution in [0.15, 0.2) is 29.3 Å². The minimum absolute atomic E-state index is 0.00509. The average Bonchev–Trinajstić information content (AvgIpc) is 3.44. The molecule has 0 bridgehead atoms. The summed E-state index contributed by atoms with van der Waals surface area (Å²) in [5, 5.41) is 19.2. The Bertz CT molecular complexity index is 1540. The second-order valence-electron chi connectivity index (χ2n) is 11.4. The van der Waals surface area contributed by atoms with E-state index >= 15 is 0 Å². The Morgan fingerprint density at radius 3 is 2.22 bits per heavy atom. The van der Waals surface area contributed by atoms with Gasteiger partial charge in [-0.15, -0.1) is 5.10 Å². The van der Waals surface area contributed by atoms with E-state index in [0.29, 0.717) is 42.5 Å². The van der Waals surface area contributed by atoms with Crippen molar-refractivity contribution in [3.05, 3.63) is 41.1 Å². The molecule has 50 heavy (non-hydrogen) atoms. The van der Waals surface area contributed by atoms with Gasteiger partial charge >= 0.3 is 23.9 Å². The van der Waals surface area contributed by atoms with Crippen LogP contribution in [0.2, 0.25) is 0 Å². The third kappa shape index (κ3) is 11.9. The number of benzene rings is 1. The van der Waals surface area contributed by atoms with Crippen LogP contribution in [0.4, 0.5) is 0 Å². The van der Waals surface area contributed by atoms with Crippen molar-refractivity contribution in [3.63, 3.8) is 0 Å². The molecule has 272 valence electrons. The maximum atomic E-state index is 12.3. The number of aliphatic imine (C=N–C) groups is 1. The summed E-state index contributed by atoms with van der Waals surface area (Å²) in [6.07, 6.45) is -1.97. The zero-order chi connectivity index (χ0) is 36.8. The van der Waals surface area contributed by atoms with Gasteiger partial charge in [-0.25, -0.2) is 0 Å². The molecule has 0 spiro atoms. The van der Waals surface area contributed by atoms with E-state index in [1.807, 2.05) is 50.6 Å². The van der Waals surface area contributed by atoms with Crippen LogP contribution in [0.5, 0.6) is 11.6 Å². The monoisotopic (exact) mass is 717 g/mol. The third-order valence-electron chi connectivity index (χ3n) is 7.10. The second kappa shape index (κ2) is 19.4. The molecular weight excluding hydrogens is 674 g/mol. The van der Waals surface area contributed by atoms with Gasteiger partial charge in [-0.3, -0.25) is 34.6 Å². The van der Waals surface area contributed by atoms with Gasteiger partial charge < -0.3 is 33.2 Å². The molecule has 0 amide bonds. The normalized spacial score (nSPS) is 20.3. The lowest BCUT2D eigenvalue weighted by atomic mass is 9.97. The fourth-order valence-electron chi connectivity index (χ4n) is 5.05. The van der Waals surface area contributed by atoms with Gasteiger partial charge in [0.25, 0.3) is 0 Å². The van der Waals surface area contributed by atoms with Gasteiger partial charge in [-0.2, -0.15) is 5.26 Å². The summed E-state index contributed by atoms with van der Waals surface area (Å²) >= 11 is 1.36. The van der Waals surface area contributed by atoms with Gasteiger partial charge in [0.2, 0.25) is 18.3 Å². The van der Waals surface area contributed by atoms with Crippen LogP contribution in [-0.4, -0.2) is 96.0 Å². The number of amidine groups is 1. The van der Waals surface area contributed by atoms with E-state index in [2.05, 4.69) is 20.5 Å². The number of thioether (sulfide) groups is 1. The molecule has 1 unspecified atom stereocenters. The summed E-state index contributed by atoms with van der Waals surface area (Å²) in [4.78, 5) is 52.5. The number of hydrogen-bond donors (Lipinski definition) is 2. The van der Waals surface area contributed by atoms with Crippen molar-refractivity contribution in [2.24, 2.45) is 4.99 Å². The Hall–Kier alpha value is -4.82. The number of hydrogen-bond acceptors (Lipinski definition) is 15. The minimum atomic E-state index is -1.43. The van der Waals surface area contributed by atoms with E-state index in [4.69, 9.17) is 38.4 Å². The van der Waals surface area contributed by atoms with E-state index in [-0.39, 0.29) is 18.4 Å². The molecule has 1 aliphatic heterocycles. The van der Waals surface area contributed by atoms with Crippen molar-refractivity contribution >= 4 is 40.8 Å². The number of aromatic amines is 1. The van der Waals surface area contributed by atoms with Crippen LogP contribution in [0.3, 0.4) is 0 Å². The molecule has 1 aromatic heterocycles. The summed E-state index contributed by atoms with van der Waals surface area (Å²) < 4.78 is 39.9. The van der Waals surface area contributed by atoms with Gasteiger partial charge in [-0.05, 0) is 29.9 Å². The van der Waals surface area contributed by atoms with Gasteiger partial charge in [0, 0.05) is 58.3 Å². The first kappa shape index (κ1) is 39.6. The average molecular weight is 718 g/mol. The minimum Gasteiger partial charge on any atom is -0.494 e. The molecule has 5 atom stereocenters. The molecule has 16 nitrogen and oxygen atoms in total. The molecule has 1 fully saturated rings. The van der Waals surface area contributed by atoms with Gasteiger partial charge in [0.05, 0.1) is 6.61 Å². The largest absolute Gasteiger partial charge is 0.494 e. The lowest BCUT2D eigenvalue weighted by Crippen LogP contribution is -2.63. The lowest BCUT2D eigenvalue weighted by molar-refractivity contribution is -0.289. The highest BCUT2D eigenvalue weighted by Crippen LogP contribution is 2.34. The number of carbonyl (C=O) groups is 4. The summed E-state index contributed by atoms with van der Waals surface area (Å²) in [5.41, 5.74) is 2.38. The van der Waals surface area contributed by atoms with Gasteiger partial charge in [-0.1, -0.05) is 37.7 Å². The molecule has 1 saturated heterocycles. The fraction of sp³-hybridized carbons (Fsp3) is 0.545. The van der Waals surface area contributed by atoms with Crippen molar-refractivity contribution in [3.8, 4) is 17.8 Å². The molecule has 1 aliphatic rings. The van der Waals surface area contributed by atoms with Crippen molar-refractivity contribution < 1.29 is 52.3 Å². The van der Waals surface area contributed by atoms with Crippen LogP contribution >= 0.6 is 11.8 Å². The SMILES string of the molecule is CSC(=NCCCOc1ccc(Cc2c(OC3O[C@H](COC(C)=O)[C@@H](OC(C)=O)[C@H](OC(C)=O)[C@H]3OC(C)=O)n[nH]c2C(C)C)cc1)NC#N. The Labute approximate surface area is 294 Å². The summed E-state index contributed by atoms with van der Waals surface area (Å²) in [7, 11) is 0. The van der Waals surface area contributed by atoms with E-state index in [9.17, 15) is 19.2 Å². The van der Waals surface area contributed by atoms with Crippen LogP contribution in [0.1, 0.15) is 70.7 Å². The smallest absolute Gasteiger partial charge is 0.303 e. The maximum Gasteiger partial charge on any atom is 0.303 e. The summed E-state index contributed by atoms with van der Waals surface area (Å²) in [6, 6.07) is 7.51. The Morgan fingerprint density at radius 2 is 1.64 bits per heavy atom. The zero-order valence-electron chi connectivity index (χ0n) is 29.0. The van der Waals surface area contributed by atoms with Crippen molar-refractivity contribution in [2.75, 3.05) is 26.0 Å². The summed E-state index contributed by atoms with van der Waals surface area (Å²) in [5.74, 6) is -2.06. The van der Waals surface area contributed by atoms with E-state index in [1.165, 1.54) is 18.7 Å². The van der Waals surface area contributed by atoms with E-state index in [1.54, 1.807) is 0 Å². The quantitative estimate of drug-likeness (QED) is 0.0516. The predicted molar refractivity (Wildman–Crippen MR) is 179 cm³/mol. The molecule has 3 rings (SSSR count). The van der Waals surface area contributed by atoms with Crippen LogP contribution in [-0.2, 0) is 49.3 Å². The number of esters is 4. The predicted octanol–water partition coefficient (Wildman–Crippen LogP) is 3.14. The zero-order valence-corrected chi connectivity index (χ0v) is 29.9. The number of nitrogens with zero attached hydrogens (tertiary/aromatic N) is 3. The third-order valence-corrected chi connectivity index (χ3v) is 7.72. The number of rotatable bonds is 15. The highest BCUT2D eigenvalue weighted by molar-refractivity contribution is 8.13. The number of carbonyl (C=O) groups excluding carboxylic acids is 4. The molecule has 0 saturated carbocycles. The van der Waals surface area contributed by atoms with Gasteiger partial charge in [0.1, 0.15) is 18.5 Å². The molecular formula is C33H43N5O11S. The standard InChI is InChI=1S/C33H43N5O11S/c1-18(2)27-25(15-23-9-11-24(12-10-23)43-14-8-13-35-33(50-7)36-17-34)31(38-37-27)49-32-30(47-22(6)42)29(46-21(5)41)28(45-20(4)40)26(48-32)16-44-19(3)39/h9-12,18,26,28-30,32H,8,13-16H2,1-7H3,(H,35,36)(H,37,38)/t26-,28-,29+,30-,32?/m1/s1. The molecule has 0 aliphatic carbocycles. The molecule has 2 aromatic rings. The number of nitrogens with one attached hydrogen (secondary N) is 2. The Kier molecular flexibility index (Phi) is 15.4. The van der Waals surface area contributed by atoms with Gasteiger partial charge in [0.15, 0.2) is 23.6 Å². The topological polar surface area (TPSA) is 210 Å². The summed E-state index contributed by atoms with van der Waals surface area (Å²) in [6.45, 7) is 9.15. The van der Waals surface area contributed by atoms with Crippen molar-refractivity contribution in [1.82, 2.24) is 15.5 Å². The highest BCUT2D eigenvalue weighted by atomic mass is 32.2. The van der Waals surface area contributed by atoms with E-state index < -0.39 is 54.6 Å². The molecule has 1 aromatic carbocycles. The van der Waals surface area contributed by atoms with Crippen molar-refractivity contribution in [1.29, 1.82) is 5.26 Å². The maximum absolute atomic E-state index is 12.3. The number of aromatic nitrogens is 2. The molecule has 2 N–H and O–H groups in total. The Morgan fingerprint density at radius 1 is 1.00 bits per heavy atom. The highest BCUT2D eigenvalue weighted by Gasteiger charge is 2.53. The molecule has 17 heteroatoms.